The van der Waals surface area contributed by atoms with Gasteiger partial charge in [0.2, 0.25) is 0 Å². The smallest absolute Gasteiger partial charge is 0.191 e. The second kappa shape index (κ2) is 4.43. The number of aliphatic imine (C=N–C) groups is 1. The molecule has 3 nitrogen and oxygen atoms in total. The molecule has 1 unspecified atom stereocenters. The monoisotopic (exact) mass is 213 g/mol. The van der Waals surface area contributed by atoms with E-state index in [9.17, 15) is 0 Å². The summed E-state index contributed by atoms with van der Waals surface area (Å²) in [6, 6.07) is 0.586. The summed E-state index contributed by atoms with van der Waals surface area (Å²) in [4.78, 5) is 6.67. The molecule has 1 atom stereocenters. The van der Waals surface area contributed by atoms with Crippen molar-refractivity contribution in [3.8, 4) is 0 Å². The first kappa shape index (κ1) is 10.1. The van der Waals surface area contributed by atoms with Gasteiger partial charge in [0.1, 0.15) is 0 Å². The summed E-state index contributed by atoms with van der Waals surface area (Å²) in [7, 11) is 0. The lowest BCUT2D eigenvalue weighted by atomic mass is 10.2. The average molecular weight is 213 g/mol. The summed E-state index contributed by atoms with van der Waals surface area (Å²) in [5.74, 6) is 2.90. The van der Waals surface area contributed by atoms with E-state index in [-0.39, 0.29) is 0 Å². The Balaban J connectivity index is 1.83. The van der Waals surface area contributed by atoms with E-state index < -0.39 is 0 Å². The molecule has 0 aromatic rings. The third kappa shape index (κ3) is 2.35. The van der Waals surface area contributed by atoms with Gasteiger partial charge in [0, 0.05) is 6.54 Å². The molecule has 0 aromatic heterocycles. The van der Waals surface area contributed by atoms with Crippen LogP contribution >= 0.6 is 11.8 Å². The van der Waals surface area contributed by atoms with Crippen molar-refractivity contribution in [3.05, 3.63) is 0 Å². The highest BCUT2D eigenvalue weighted by atomic mass is 32.2. The number of guanidine groups is 1. The van der Waals surface area contributed by atoms with Crippen LogP contribution in [0.3, 0.4) is 0 Å². The first-order chi connectivity index (χ1) is 6.81. The fourth-order valence-electron chi connectivity index (χ4n) is 1.90. The Morgan fingerprint density at radius 3 is 3.00 bits per heavy atom. The van der Waals surface area contributed by atoms with Gasteiger partial charge in [-0.05, 0) is 37.2 Å². The van der Waals surface area contributed by atoms with E-state index in [1.807, 2.05) is 11.8 Å². The average Bonchev–Trinajstić information content (AvgIpc) is 2.92. The lowest BCUT2D eigenvalue weighted by Crippen LogP contribution is -2.42. The highest BCUT2D eigenvalue weighted by Crippen LogP contribution is 2.31. The van der Waals surface area contributed by atoms with Crippen LogP contribution in [0.15, 0.2) is 4.99 Å². The van der Waals surface area contributed by atoms with Crippen molar-refractivity contribution < 1.29 is 0 Å². The molecule has 0 bridgehead atoms. The number of nitrogens with zero attached hydrogens (tertiary/aromatic N) is 2. The molecule has 0 radical (unpaired) electrons. The molecule has 1 fully saturated rings. The summed E-state index contributed by atoms with van der Waals surface area (Å²) < 4.78 is 0. The molecule has 1 aliphatic carbocycles. The zero-order valence-electron chi connectivity index (χ0n) is 8.78. The van der Waals surface area contributed by atoms with Gasteiger partial charge in [-0.2, -0.15) is 11.8 Å². The van der Waals surface area contributed by atoms with Crippen molar-refractivity contribution in [3.63, 3.8) is 0 Å². The molecular weight excluding hydrogens is 194 g/mol. The largest absolute Gasteiger partial charge is 0.370 e. The molecule has 0 aromatic carbocycles. The Hall–Kier alpha value is -0.380. The van der Waals surface area contributed by atoms with Gasteiger partial charge in [-0.15, -0.1) is 0 Å². The molecule has 1 aliphatic heterocycles. The maximum absolute atomic E-state index is 5.89. The zero-order chi connectivity index (χ0) is 9.97. The Morgan fingerprint density at radius 1 is 1.57 bits per heavy atom. The Bertz CT molecular complexity index is 225. The fourth-order valence-corrected chi connectivity index (χ4v) is 2.41. The van der Waals surface area contributed by atoms with Crippen LogP contribution in [0.2, 0.25) is 0 Å². The van der Waals surface area contributed by atoms with Gasteiger partial charge in [0.25, 0.3) is 0 Å². The third-order valence-corrected chi connectivity index (χ3v) is 3.65. The van der Waals surface area contributed by atoms with Gasteiger partial charge in [0.05, 0.1) is 12.6 Å². The van der Waals surface area contributed by atoms with E-state index in [2.05, 4.69) is 16.1 Å². The van der Waals surface area contributed by atoms with Crippen molar-refractivity contribution in [2.45, 2.75) is 25.3 Å². The minimum atomic E-state index is 0.586. The summed E-state index contributed by atoms with van der Waals surface area (Å²) >= 11 is 1.91. The van der Waals surface area contributed by atoms with Gasteiger partial charge in [-0.25, -0.2) is 0 Å². The van der Waals surface area contributed by atoms with Crippen LogP contribution in [0, 0.1) is 5.92 Å². The van der Waals surface area contributed by atoms with Crippen molar-refractivity contribution in [1.82, 2.24) is 4.90 Å². The molecule has 0 amide bonds. The predicted octanol–water partition coefficient (Wildman–Crippen LogP) is 1.15. The summed E-state index contributed by atoms with van der Waals surface area (Å²) in [5, 5.41) is 0. The topological polar surface area (TPSA) is 41.6 Å². The van der Waals surface area contributed by atoms with Gasteiger partial charge in [-0.3, -0.25) is 4.99 Å². The quantitative estimate of drug-likeness (QED) is 0.745. The van der Waals surface area contributed by atoms with Crippen molar-refractivity contribution in [2.24, 2.45) is 16.6 Å². The van der Waals surface area contributed by atoms with Crippen LogP contribution < -0.4 is 5.73 Å². The van der Waals surface area contributed by atoms with E-state index in [1.165, 1.54) is 25.0 Å². The van der Waals surface area contributed by atoms with Crippen molar-refractivity contribution in [1.29, 1.82) is 0 Å². The highest BCUT2D eigenvalue weighted by molar-refractivity contribution is 7.98. The maximum atomic E-state index is 5.89. The van der Waals surface area contributed by atoms with E-state index in [0.717, 1.165) is 25.0 Å². The van der Waals surface area contributed by atoms with E-state index >= 15 is 0 Å². The molecule has 1 heterocycles. The lowest BCUT2D eigenvalue weighted by Gasteiger charge is -2.25. The van der Waals surface area contributed by atoms with Crippen LogP contribution in [-0.4, -0.2) is 42.0 Å². The third-order valence-electron chi connectivity index (χ3n) is 3.01. The highest BCUT2D eigenvalue weighted by Gasteiger charge is 2.31. The summed E-state index contributed by atoms with van der Waals surface area (Å²) in [6.45, 7) is 2.06. The van der Waals surface area contributed by atoms with Crippen LogP contribution in [0.1, 0.15) is 19.3 Å². The SMILES string of the molecule is CSCCC1CN=C(N)N1CC1CC1. The van der Waals surface area contributed by atoms with Crippen LogP contribution in [0.4, 0.5) is 0 Å². The maximum Gasteiger partial charge on any atom is 0.191 e. The Kier molecular flexibility index (Phi) is 3.21. The Morgan fingerprint density at radius 2 is 2.36 bits per heavy atom. The van der Waals surface area contributed by atoms with Crippen LogP contribution in [-0.2, 0) is 0 Å². The second-order valence-corrected chi connectivity index (χ2v) is 5.22. The minimum Gasteiger partial charge on any atom is -0.370 e. The molecule has 80 valence electrons. The molecule has 2 rings (SSSR count). The molecule has 0 spiro atoms. The van der Waals surface area contributed by atoms with Crippen molar-refractivity contribution in [2.75, 3.05) is 25.1 Å². The molecule has 0 saturated heterocycles. The van der Waals surface area contributed by atoms with E-state index in [1.54, 1.807) is 0 Å². The normalized spacial score (nSPS) is 26.8. The van der Waals surface area contributed by atoms with Gasteiger partial charge < -0.3 is 10.6 Å². The number of thioether (sulfide) groups is 1. The zero-order valence-corrected chi connectivity index (χ0v) is 9.59. The second-order valence-electron chi connectivity index (χ2n) is 4.23. The van der Waals surface area contributed by atoms with E-state index in [4.69, 9.17) is 5.73 Å². The van der Waals surface area contributed by atoms with E-state index in [0.29, 0.717) is 6.04 Å². The standard InChI is InChI=1S/C10H19N3S/c1-14-5-4-9-6-12-10(11)13(9)7-8-2-3-8/h8-9H,2-7H2,1H3,(H2,11,12). The minimum absolute atomic E-state index is 0.586. The molecular formula is C10H19N3S. The first-order valence-electron chi connectivity index (χ1n) is 5.36. The molecule has 4 heteroatoms. The number of nitrogens with two attached hydrogens (primary N) is 1. The molecule has 2 N–H and O–H groups in total. The predicted molar refractivity (Wildman–Crippen MR) is 62.7 cm³/mol. The van der Waals surface area contributed by atoms with Crippen LogP contribution in [0.5, 0.6) is 0 Å². The van der Waals surface area contributed by atoms with Gasteiger partial charge in [0.15, 0.2) is 5.96 Å². The molecule has 2 aliphatic rings. The van der Waals surface area contributed by atoms with Gasteiger partial charge >= 0.3 is 0 Å². The lowest BCUT2D eigenvalue weighted by molar-refractivity contribution is 0.321. The number of hydrogen-bond donors (Lipinski definition) is 1. The Labute approximate surface area is 90.1 Å². The summed E-state index contributed by atoms with van der Waals surface area (Å²) in [6.07, 6.45) is 6.15. The first-order valence-corrected chi connectivity index (χ1v) is 6.76. The van der Waals surface area contributed by atoms with Crippen LogP contribution in [0.25, 0.3) is 0 Å². The number of rotatable bonds is 5. The number of hydrogen-bond acceptors (Lipinski definition) is 4. The molecule has 14 heavy (non-hydrogen) atoms. The molecule has 1 saturated carbocycles. The van der Waals surface area contributed by atoms with Gasteiger partial charge in [-0.1, -0.05) is 0 Å². The fraction of sp³-hybridized carbons (Fsp3) is 0.900. The van der Waals surface area contributed by atoms with Crippen molar-refractivity contribution >= 4 is 17.7 Å². The summed E-state index contributed by atoms with van der Waals surface area (Å²) in [5.41, 5.74) is 5.89.